The average Bonchev–Trinajstić information content (AvgIpc) is 2.61. The summed E-state index contributed by atoms with van der Waals surface area (Å²) in [5, 5.41) is 12.2. The molecule has 0 radical (unpaired) electrons. The Balaban J connectivity index is 2.83. The van der Waals surface area contributed by atoms with E-state index in [4.69, 9.17) is 23.2 Å². The minimum absolute atomic E-state index is 0.169. The van der Waals surface area contributed by atoms with Gasteiger partial charge < -0.3 is 15.2 Å². The zero-order valence-electron chi connectivity index (χ0n) is 11.3. The molecule has 7 nitrogen and oxygen atoms in total. The third-order valence-corrected chi connectivity index (χ3v) is 3.75. The fourth-order valence-electron chi connectivity index (χ4n) is 1.79. The van der Waals surface area contributed by atoms with Crippen molar-refractivity contribution in [3.05, 3.63) is 10.1 Å². The van der Waals surface area contributed by atoms with Crippen molar-refractivity contribution in [1.29, 1.82) is 0 Å². The Morgan fingerprint density at radius 3 is 2.10 bits per heavy atom. The van der Waals surface area contributed by atoms with Crippen molar-refractivity contribution in [2.75, 3.05) is 0 Å². The van der Waals surface area contributed by atoms with Gasteiger partial charge in [0.05, 0.1) is 12.0 Å². The quantitative estimate of drug-likeness (QED) is 0.656. The maximum Gasteiger partial charge on any atom is 0.274 e. The van der Waals surface area contributed by atoms with Gasteiger partial charge >= 0.3 is 0 Å². The Hall–Kier alpha value is -1.60. The minimum Gasteiger partial charge on any atom is -0.548 e. The molecule has 21 heavy (non-hydrogen) atoms. The third kappa shape index (κ3) is 3.54. The highest BCUT2D eigenvalue weighted by Gasteiger charge is 2.42. The van der Waals surface area contributed by atoms with Crippen LogP contribution in [0.3, 0.4) is 0 Å². The lowest BCUT2D eigenvalue weighted by Gasteiger charge is -2.25. The molecule has 1 rings (SSSR count). The first kappa shape index (κ1) is 17.5. The van der Waals surface area contributed by atoms with Crippen molar-refractivity contribution in [2.45, 2.75) is 38.8 Å². The summed E-state index contributed by atoms with van der Waals surface area (Å²) in [7, 11) is 0. The molecule has 0 unspecified atom stereocenters. The van der Waals surface area contributed by atoms with Crippen LogP contribution in [0.15, 0.2) is 10.1 Å². The zero-order valence-corrected chi connectivity index (χ0v) is 12.8. The highest BCUT2D eigenvalue weighted by molar-refractivity contribution is 6.58. The van der Waals surface area contributed by atoms with Gasteiger partial charge in [-0.1, -0.05) is 36.5 Å². The number of carboxylic acid groups (broad SMARTS) is 1. The third-order valence-electron chi connectivity index (χ3n) is 2.95. The lowest BCUT2D eigenvalue weighted by atomic mass is 10.1. The number of hydrogen-bond donors (Lipinski definition) is 1. The number of carbonyl (C=O) groups is 4. The van der Waals surface area contributed by atoms with Crippen LogP contribution >= 0.6 is 23.2 Å². The van der Waals surface area contributed by atoms with Crippen LogP contribution in [-0.2, 0) is 19.2 Å². The molecule has 9 heteroatoms. The van der Waals surface area contributed by atoms with Crippen LogP contribution in [0.25, 0.3) is 0 Å². The number of imide groups is 1. The van der Waals surface area contributed by atoms with Gasteiger partial charge in [-0.3, -0.25) is 19.3 Å². The summed E-state index contributed by atoms with van der Waals surface area (Å²) in [5.74, 6) is -4.04. The normalized spacial score (nSPS) is 18.0. The van der Waals surface area contributed by atoms with E-state index in [1.807, 2.05) is 0 Å². The summed E-state index contributed by atoms with van der Waals surface area (Å²) in [6.45, 7) is 3.01. The molecule has 1 aliphatic heterocycles. The smallest absolute Gasteiger partial charge is 0.274 e. The van der Waals surface area contributed by atoms with Crippen LogP contribution in [0.4, 0.5) is 0 Å². The molecule has 1 aliphatic rings. The molecule has 0 bridgehead atoms. The molecule has 3 amide bonds. The maximum absolute atomic E-state index is 12.0. The maximum atomic E-state index is 12.0. The molecule has 0 fully saturated rings. The van der Waals surface area contributed by atoms with E-state index in [0.717, 1.165) is 0 Å². The van der Waals surface area contributed by atoms with Crippen molar-refractivity contribution in [3.63, 3.8) is 0 Å². The Morgan fingerprint density at radius 2 is 1.71 bits per heavy atom. The van der Waals surface area contributed by atoms with Crippen LogP contribution in [-0.4, -0.2) is 40.7 Å². The number of aliphatic carboxylic acids is 1. The first-order valence-corrected chi connectivity index (χ1v) is 6.92. The molecule has 0 aromatic heterocycles. The zero-order chi connectivity index (χ0) is 16.3. The average molecular weight is 336 g/mol. The number of hydrogen-bond acceptors (Lipinski definition) is 5. The molecule has 0 spiro atoms. The van der Waals surface area contributed by atoms with E-state index < -0.39 is 45.8 Å². The van der Waals surface area contributed by atoms with Crippen LogP contribution in [0, 0.1) is 0 Å². The summed E-state index contributed by atoms with van der Waals surface area (Å²) in [5.41, 5.74) is 0. The topological polar surface area (TPSA) is 107 Å². The first-order valence-electron chi connectivity index (χ1n) is 6.16. The van der Waals surface area contributed by atoms with Gasteiger partial charge in [-0.05, 0) is 13.3 Å². The van der Waals surface area contributed by atoms with Crippen LogP contribution in [0.1, 0.15) is 26.7 Å². The number of nitrogens with zero attached hydrogens (tertiary/aromatic N) is 1. The van der Waals surface area contributed by atoms with E-state index in [1.54, 1.807) is 6.92 Å². The molecule has 116 valence electrons. The first-order chi connectivity index (χ1) is 9.72. The van der Waals surface area contributed by atoms with Gasteiger partial charge in [-0.15, -0.1) is 0 Å². The van der Waals surface area contributed by atoms with Gasteiger partial charge in [0.25, 0.3) is 11.8 Å². The molecule has 0 aliphatic carbocycles. The van der Waals surface area contributed by atoms with E-state index in [0.29, 0.717) is 11.3 Å². The van der Waals surface area contributed by atoms with Gasteiger partial charge in [0.2, 0.25) is 5.91 Å². The van der Waals surface area contributed by atoms with Gasteiger partial charge in [0.15, 0.2) is 0 Å². The number of amides is 3. The Morgan fingerprint density at radius 1 is 1.24 bits per heavy atom. The standard InChI is InChI=1S/C12H14Cl2N2O5/c1-3-4-6(12(20)21)15-9(17)5(2)16-10(18)7(13)8(14)11(16)19/h5-6H,3-4H2,1-2H3,(H,15,17)(H,20,21)/p-1/t5-,6-/m1/s1. The predicted molar refractivity (Wildman–Crippen MR) is 71.9 cm³/mol. The van der Waals surface area contributed by atoms with Gasteiger partial charge in [-0.2, -0.15) is 0 Å². The number of carbonyl (C=O) groups excluding carboxylic acids is 4. The Kier molecular flexibility index (Phi) is 5.74. The molecule has 0 aromatic rings. The highest BCUT2D eigenvalue weighted by Crippen LogP contribution is 2.28. The van der Waals surface area contributed by atoms with Gasteiger partial charge in [0, 0.05) is 0 Å². The molecular formula is C12H13Cl2N2O5-. The van der Waals surface area contributed by atoms with Gasteiger partial charge in [-0.25, -0.2) is 0 Å². The number of carboxylic acids is 1. The second-order valence-corrected chi connectivity index (χ2v) is 5.21. The fourth-order valence-corrected chi connectivity index (χ4v) is 2.13. The van der Waals surface area contributed by atoms with Crippen molar-refractivity contribution in [3.8, 4) is 0 Å². The fraction of sp³-hybridized carbons (Fsp3) is 0.500. The second-order valence-electron chi connectivity index (χ2n) is 4.45. The second kappa shape index (κ2) is 6.91. The summed E-state index contributed by atoms with van der Waals surface area (Å²) in [4.78, 5) is 46.9. The Bertz CT molecular complexity index is 508. The summed E-state index contributed by atoms with van der Waals surface area (Å²) >= 11 is 11.1. The molecule has 0 saturated carbocycles. The van der Waals surface area contributed by atoms with Crippen molar-refractivity contribution in [2.24, 2.45) is 0 Å². The molecule has 0 aromatic carbocycles. The van der Waals surface area contributed by atoms with Crippen molar-refractivity contribution >= 4 is 46.9 Å². The summed E-state index contributed by atoms with van der Waals surface area (Å²) < 4.78 is 0. The predicted octanol–water partition coefficient (Wildman–Crippen LogP) is -0.532. The van der Waals surface area contributed by atoms with Crippen LogP contribution < -0.4 is 10.4 Å². The largest absolute Gasteiger partial charge is 0.548 e. The lowest BCUT2D eigenvalue weighted by Crippen LogP contribution is -2.54. The minimum atomic E-state index is -1.44. The van der Waals surface area contributed by atoms with E-state index in [1.165, 1.54) is 6.92 Å². The number of nitrogens with one attached hydrogen (secondary N) is 1. The number of rotatable bonds is 6. The van der Waals surface area contributed by atoms with E-state index in [9.17, 15) is 24.3 Å². The molecular weight excluding hydrogens is 323 g/mol. The summed E-state index contributed by atoms with van der Waals surface area (Å²) in [6.07, 6.45) is 0.677. The molecule has 1 N–H and O–H groups in total. The van der Waals surface area contributed by atoms with Crippen molar-refractivity contribution < 1.29 is 24.3 Å². The summed E-state index contributed by atoms with van der Waals surface area (Å²) in [6, 6.07) is -2.44. The van der Waals surface area contributed by atoms with E-state index in [-0.39, 0.29) is 6.42 Å². The van der Waals surface area contributed by atoms with Gasteiger partial charge in [0.1, 0.15) is 16.1 Å². The number of halogens is 2. The van der Waals surface area contributed by atoms with Crippen LogP contribution in [0.2, 0.25) is 0 Å². The Labute approximate surface area is 130 Å². The molecule has 0 saturated heterocycles. The van der Waals surface area contributed by atoms with E-state index >= 15 is 0 Å². The lowest BCUT2D eigenvalue weighted by molar-refractivity contribution is -0.308. The SMILES string of the molecule is CCC[C@@H](NC(=O)[C@@H](C)N1C(=O)C(Cl)=C(Cl)C1=O)C(=O)[O-]. The highest BCUT2D eigenvalue weighted by atomic mass is 35.5. The van der Waals surface area contributed by atoms with E-state index in [2.05, 4.69) is 5.32 Å². The molecule has 1 heterocycles. The van der Waals surface area contributed by atoms with Crippen molar-refractivity contribution in [1.82, 2.24) is 10.2 Å². The molecule has 2 atom stereocenters. The van der Waals surface area contributed by atoms with Crippen LogP contribution in [0.5, 0.6) is 0 Å². The monoisotopic (exact) mass is 335 g/mol.